The van der Waals surface area contributed by atoms with Gasteiger partial charge in [-0.05, 0) is 120 Å². The molecule has 1 aliphatic rings. The van der Waals surface area contributed by atoms with Gasteiger partial charge in [-0.1, -0.05) is 73.5 Å². The maximum absolute atomic E-state index is 15.1. The van der Waals surface area contributed by atoms with Gasteiger partial charge in [0.05, 0.1) is 40.8 Å². The highest BCUT2D eigenvalue weighted by Gasteiger charge is 2.57. The number of carboxylic acids is 1. The lowest BCUT2D eigenvalue weighted by Gasteiger charge is -2.52. The van der Waals surface area contributed by atoms with Gasteiger partial charge in [0.25, 0.3) is 0 Å². The van der Waals surface area contributed by atoms with Crippen LogP contribution in [0.25, 0.3) is 6.08 Å². The fourth-order valence-corrected chi connectivity index (χ4v) is 9.99. The number of aliphatic carboxylic acids is 1. The first-order chi connectivity index (χ1) is 23.3. The first-order valence-corrected chi connectivity index (χ1v) is 26.0. The van der Waals surface area contributed by atoms with E-state index in [4.69, 9.17) is 8.85 Å². The van der Waals surface area contributed by atoms with E-state index in [-0.39, 0.29) is 40.2 Å². The molecular formula is C41H73NO6SSi2. The number of allylic oxidation sites excluding steroid dienone is 1. The molecule has 0 saturated heterocycles. The van der Waals surface area contributed by atoms with Gasteiger partial charge in [-0.25, -0.2) is 4.98 Å². The monoisotopic (exact) mass is 763 g/mol. The standard InChI is InChI=1S/C41H73NO6SSi2/c1-16-33(38(46)41(23-18-24-41)35(26-36(44)45)47-50(12,13)39(6,7)8)37(48-51(14,15)40(9,10)11)29(3)20-17-19-28(2)21-22-34(43)30(4)25-32-27-49-31(5)42-32/h21,25,27,29,33-35,37,43H,16-20,22-24,26H2,1-15H3,(H,44,45)/b28-21-,30-25+/t29-,33+,34-,35-,37-/m0/s1. The predicted octanol–water partition coefficient (Wildman–Crippen LogP) is 11.4. The number of nitrogens with zero attached hydrogens (tertiary/aromatic N) is 1. The number of hydrogen-bond donors (Lipinski definition) is 2. The molecule has 1 aromatic rings. The molecule has 0 amide bonds. The van der Waals surface area contributed by atoms with E-state index in [9.17, 15) is 15.0 Å². The van der Waals surface area contributed by atoms with Gasteiger partial charge in [0.1, 0.15) is 5.78 Å². The van der Waals surface area contributed by atoms with Crippen LogP contribution in [0.5, 0.6) is 0 Å². The van der Waals surface area contributed by atoms with Gasteiger partial charge in [0, 0.05) is 11.3 Å². The molecule has 0 aromatic carbocycles. The molecular weight excluding hydrogens is 691 g/mol. The minimum atomic E-state index is -2.36. The molecule has 2 rings (SSSR count). The lowest BCUT2D eigenvalue weighted by Crippen LogP contribution is -2.59. The SMILES string of the molecule is CC[C@@H](C(=O)C1([C@H](CC(=O)O)O[Si](C)(C)C(C)(C)C)CCC1)[C@@H](O[Si](C)(C)C(C)(C)C)[C@@H](C)CCC/C(C)=C\C[C@H](O)/C(C)=C/c1csc(C)n1. The Morgan fingerprint density at radius 1 is 1.04 bits per heavy atom. The first-order valence-electron chi connectivity index (χ1n) is 19.3. The zero-order chi connectivity index (χ0) is 39.2. The largest absolute Gasteiger partial charge is 0.481 e. The fourth-order valence-electron chi connectivity index (χ4n) is 6.62. The average molecular weight is 764 g/mol. The first kappa shape index (κ1) is 45.7. The molecule has 10 heteroatoms. The van der Waals surface area contributed by atoms with Crippen LogP contribution in [0.4, 0.5) is 0 Å². The second-order valence-corrected chi connectivity index (χ2v) is 29.1. The molecule has 1 saturated carbocycles. The molecule has 0 spiro atoms. The van der Waals surface area contributed by atoms with E-state index >= 15 is 4.79 Å². The van der Waals surface area contributed by atoms with Crippen LogP contribution in [-0.4, -0.2) is 61.9 Å². The van der Waals surface area contributed by atoms with Crippen LogP contribution in [0.1, 0.15) is 138 Å². The predicted molar refractivity (Wildman–Crippen MR) is 219 cm³/mol. The molecule has 0 unspecified atom stereocenters. The Morgan fingerprint density at radius 3 is 2.06 bits per heavy atom. The molecule has 0 bridgehead atoms. The van der Waals surface area contributed by atoms with Crippen LogP contribution < -0.4 is 0 Å². The van der Waals surface area contributed by atoms with Gasteiger partial charge in [-0.15, -0.1) is 11.3 Å². The van der Waals surface area contributed by atoms with E-state index in [1.807, 2.05) is 25.3 Å². The smallest absolute Gasteiger partial charge is 0.305 e. The highest BCUT2D eigenvalue weighted by atomic mass is 32.1. The normalized spacial score (nSPS) is 19.2. The zero-order valence-electron chi connectivity index (χ0n) is 34.9. The van der Waals surface area contributed by atoms with Crippen molar-refractivity contribution in [1.29, 1.82) is 0 Å². The van der Waals surface area contributed by atoms with Crippen LogP contribution in [0.3, 0.4) is 0 Å². The van der Waals surface area contributed by atoms with Crippen molar-refractivity contribution in [2.45, 2.75) is 189 Å². The summed E-state index contributed by atoms with van der Waals surface area (Å²) in [4.78, 5) is 31.8. The third-order valence-electron chi connectivity index (χ3n) is 12.4. The molecule has 0 aliphatic heterocycles. The van der Waals surface area contributed by atoms with Crippen LogP contribution >= 0.6 is 11.3 Å². The van der Waals surface area contributed by atoms with Crippen molar-refractivity contribution in [2.75, 3.05) is 0 Å². The van der Waals surface area contributed by atoms with E-state index in [0.29, 0.717) is 25.7 Å². The summed E-state index contributed by atoms with van der Waals surface area (Å²) >= 11 is 1.61. The number of thiazole rings is 1. The highest BCUT2D eigenvalue weighted by Crippen LogP contribution is 2.53. The number of rotatable bonds is 20. The molecule has 0 radical (unpaired) electrons. The van der Waals surface area contributed by atoms with Gasteiger partial charge in [-0.2, -0.15) is 0 Å². The van der Waals surface area contributed by atoms with E-state index < -0.39 is 40.2 Å². The van der Waals surface area contributed by atoms with Crippen LogP contribution in [0.2, 0.25) is 36.3 Å². The Bertz CT molecular complexity index is 1360. The Hall–Kier alpha value is -1.44. The quantitative estimate of drug-likeness (QED) is 0.101. The maximum Gasteiger partial charge on any atom is 0.305 e. The van der Waals surface area contributed by atoms with E-state index in [1.165, 1.54) is 5.57 Å². The fraction of sp³-hybridized carbons (Fsp3) is 0.780. The summed E-state index contributed by atoms with van der Waals surface area (Å²) in [5.41, 5.74) is 2.25. The molecule has 5 atom stereocenters. The number of carbonyl (C=O) groups excluding carboxylic acids is 1. The topological polar surface area (TPSA) is 106 Å². The summed E-state index contributed by atoms with van der Waals surface area (Å²) in [7, 11) is -4.63. The van der Waals surface area contributed by atoms with Crippen molar-refractivity contribution < 1.29 is 28.7 Å². The molecule has 1 aliphatic carbocycles. The number of aliphatic hydroxyl groups is 1. The number of Topliss-reactive ketones (excluding diaryl/α,β-unsaturated/α-hetero) is 1. The Morgan fingerprint density at radius 2 is 1.61 bits per heavy atom. The minimum Gasteiger partial charge on any atom is -0.481 e. The molecule has 292 valence electrons. The zero-order valence-corrected chi connectivity index (χ0v) is 37.7. The lowest BCUT2D eigenvalue weighted by atomic mass is 9.58. The Kier molecular flexibility index (Phi) is 16.4. The number of aromatic nitrogens is 1. The van der Waals surface area contributed by atoms with Crippen molar-refractivity contribution in [1.82, 2.24) is 4.98 Å². The number of hydrogen-bond acceptors (Lipinski definition) is 7. The van der Waals surface area contributed by atoms with Crippen molar-refractivity contribution in [3.63, 3.8) is 0 Å². The summed E-state index contributed by atoms with van der Waals surface area (Å²) in [5, 5.41) is 23.8. The minimum absolute atomic E-state index is 0.0250. The highest BCUT2D eigenvalue weighted by molar-refractivity contribution is 7.09. The van der Waals surface area contributed by atoms with Gasteiger partial charge < -0.3 is 19.1 Å². The molecule has 7 nitrogen and oxygen atoms in total. The maximum atomic E-state index is 15.1. The van der Waals surface area contributed by atoms with Gasteiger partial charge in [-0.3, -0.25) is 9.59 Å². The van der Waals surface area contributed by atoms with E-state index in [2.05, 4.69) is 99.6 Å². The Labute approximate surface area is 317 Å². The summed E-state index contributed by atoms with van der Waals surface area (Å²) in [6, 6.07) is 0. The van der Waals surface area contributed by atoms with Gasteiger partial charge in [0.2, 0.25) is 0 Å². The lowest BCUT2D eigenvalue weighted by molar-refractivity contribution is -0.156. The van der Waals surface area contributed by atoms with Crippen LogP contribution in [-0.2, 0) is 18.4 Å². The number of aryl methyl sites for hydroxylation is 1. The molecule has 1 heterocycles. The number of carbonyl (C=O) groups is 2. The second kappa shape index (κ2) is 18.3. The number of carboxylic acid groups (broad SMARTS) is 1. The summed E-state index contributed by atoms with van der Waals surface area (Å²) < 4.78 is 14.1. The molecule has 51 heavy (non-hydrogen) atoms. The number of ketones is 1. The molecule has 1 aromatic heterocycles. The Balaban J connectivity index is 2.32. The van der Waals surface area contributed by atoms with Crippen molar-refractivity contribution in [3.8, 4) is 0 Å². The van der Waals surface area contributed by atoms with Crippen molar-refractivity contribution in [2.24, 2.45) is 17.3 Å². The average Bonchev–Trinajstić information content (AvgIpc) is 3.37. The second-order valence-electron chi connectivity index (χ2n) is 18.5. The van der Waals surface area contributed by atoms with E-state index in [0.717, 1.165) is 42.0 Å². The third-order valence-corrected chi connectivity index (χ3v) is 22.1. The third kappa shape index (κ3) is 12.3. The number of aliphatic hydroxyl groups excluding tert-OH is 1. The molecule has 2 N–H and O–H groups in total. The van der Waals surface area contributed by atoms with Crippen molar-refractivity contribution >= 4 is 45.8 Å². The summed E-state index contributed by atoms with van der Waals surface area (Å²) in [5.74, 6) is -0.964. The molecule has 1 fully saturated rings. The van der Waals surface area contributed by atoms with Crippen LogP contribution in [0.15, 0.2) is 22.6 Å². The van der Waals surface area contributed by atoms with Crippen LogP contribution in [0, 0.1) is 24.2 Å². The van der Waals surface area contributed by atoms with Gasteiger partial charge >= 0.3 is 5.97 Å². The van der Waals surface area contributed by atoms with E-state index in [1.54, 1.807) is 11.3 Å². The van der Waals surface area contributed by atoms with Crippen molar-refractivity contribution in [3.05, 3.63) is 33.3 Å². The summed E-state index contributed by atoms with van der Waals surface area (Å²) in [6.07, 6.45) is 8.74. The van der Waals surface area contributed by atoms with Gasteiger partial charge in [0.15, 0.2) is 16.6 Å². The summed E-state index contributed by atoms with van der Waals surface area (Å²) in [6.45, 7) is 32.4.